The fraction of sp³-hybridized carbons (Fsp3) is 0.800. The Labute approximate surface area is 529 Å². The summed E-state index contributed by atoms with van der Waals surface area (Å²) < 4.78 is 71.0. The molecule has 0 bridgehead atoms. The first-order valence-electron chi connectivity index (χ1n) is 30.8. The molecular weight excluding hydrogens is 1190 g/mol. The van der Waals surface area contributed by atoms with Crippen LogP contribution >= 0.6 is 0 Å². The van der Waals surface area contributed by atoms with Crippen molar-refractivity contribution in [2.24, 2.45) is 0 Å². The average molecular weight is 1290 g/mol. The van der Waals surface area contributed by atoms with Gasteiger partial charge in [0.25, 0.3) is 11.8 Å². The molecule has 0 aliphatic carbocycles. The molecular formula is C60H104N6O24. The van der Waals surface area contributed by atoms with Crippen molar-refractivity contribution in [2.75, 3.05) is 152 Å². The van der Waals surface area contributed by atoms with Crippen LogP contribution in [-0.2, 0) is 105 Å². The van der Waals surface area contributed by atoms with Crippen LogP contribution < -0.4 is 26.6 Å². The maximum absolute atomic E-state index is 13.2. The summed E-state index contributed by atoms with van der Waals surface area (Å²) in [5, 5.41) is 22.5. The molecule has 0 aromatic heterocycles. The summed E-state index contributed by atoms with van der Waals surface area (Å²) in [5.41, 5.74) is -2.45. The van der Waals surface area contributed by atoms with Crippen LogP contribution in [-0.4, -0.2) is 256 Å². The molecule has 7 amide bonds. The lowest BCUT2D eigenvalue weighted by Crippen LogP contribution is -2.53. The van der Waals surface area contributed by atoms with E-state index in [4.69, 9.17) is 61.6 Å². The Kier molecular flexibility index (Phi) is 44.5. The zero-order valence-corrected chi connectivity index (χ0v) is 54.5. The van der Waals surface area contributed by atoms with E-state index >= 15 is 0 Å². The number of nitrogens with one attached hydrogen (secondary N) is 5. The Morgan fingerprint density at radius 1 is 0.411 bits per heavy atom. The smallest absolute Gasteiger partial charge is 0.329 e. The SMILES string of the molecule is CC(C)(C)OC(=O)CC[C@H](NC(=O)N[C@@H](CCCCNC(=O)COCCOCCOCCOCCOCCOCCOCCOCCOCCOCC(=O)NCCCC[C@H](NC(=O)CCCN1C(=O)C=CC1=O)C(=O)O)C(=O)OC(C)(C)C)C(=O)OC(C)(C)C. The number of aliphatic carboxylic acids is 1. The predicted octanol–water partition coefficient (Wildman–Crippen LogP) is 1.84. The summed E-state index contributed by atoms with van der Waals surface area (Å²) in [6.07, 6.45) is 4.37. The summed E-state index contributed by atoms with van der Waals surface area (Å²) in [7, 11) is 0. The highest BCUT2D eigenvalue weighted by atomic mass is 16.6. The van der Waals surface area contributed by atoms with E-state index in [9.17, 15) is 53.1 Å². The molecule has 0 radical (unpaired) electrons. The summed E-state index contributed by atoms with van der Waals surface area (Å²) in [4.78, 5) is 124. The molecule has 518 valence electrons. The van der Waals surface area contributed by atoms with Crippen LogP contribution in [0.1, 0.15) is 127 Å². The molecule has 1 heterocycles. The molecule has 30 nitrogen and oxygen atoms in total. The van der Waals surface area contributed by atoms with Gasteiger partial charge in [0.15, 0.2) is 0 Å². The Morgan fingerprint density at radius 2 is 0.744 bits per heavy atom. The number of esters is 3. The lowest BCUT2D eigenvalue weighted by Gasteiger charge is -2.27. The van der Waals surface area contributed by atoms with Gasteiger partial charge in [-0.05, 0) is 114 Å². The van der Waals surface area contributed by atoms with Crippen molar-refractivity contribution in [3.8, 4) is 0 Å². The van der Waals surface area contributed by atoms with Gasteiger partial charge in [-0.2, -0.15) is 0 Å². The zero-order chi connectivity index (χ0) is 67.1. The van der Waals surface area contributed by atoms with Crippen LogP contribution in [0.15, 0.2) is 12.2 Å². The second kappa shape index (κ2) is 48.8. The fourth-order valence-corrected chi connectivity index (χ4v) is 7.54. The number of carbonyl (C=O) groups is 10. The number of nitrogens with zero attached hydrogens (tertiary/aromatic N) is 1. The fourth-order valence-electron chi connectivity index (χ4n) is 7.54. The van der Waals surface area contributed by atoms with Gasteiger partial charge in [0.1, 0.15) is 48.1 Å². The van der Waals surface area contributed by atoms with Crippen molar-refractivity contribution >= 4 is 59.4 Å². The van der Waals surface area contributed by atoms with Crippen molar-refractivity contribution in [3.63, 3.8) is 0 Å². The number of unbranched alkanes of at least 4 members (excludes halogenated alkanes) is 2. The van der Waals surface area contributed by atoms with Gasteiger partial charge in [-0.3, -0.25) is 33.7 Å². The van der Waals surface area contributed by atoms with E-state index in [1.807, 2.05) is 0 Å². The number of carbonyl (C=O) groups excluding carboxylic acids is 9. The lowest BCUT2D eigenvalue weighted by molar-refractivity contribution is -0.159. The van der Waals surface area contributed by atoms with E-state index in [-0.39, 0.29) is 103 Å². The Hall–Kier alpha value is -5.96. The predicted molar refractivity (Wildman–Crippen MR) is 323 cm³/mol. The van der Waals surface area contributed by atoms with Crippen molar-refractivity contribution in [3.05, 3.63) is 12.2 Å². The normalized spacial score (nSPS) is 13.5. The number of ether oxygens (including phenoxy) is 13. The average Bonchev–Trinajstić information content (AvgIpc) is 2.12. The summed E-state index contributed by atoms with van der Waals surface area (Å²) in [6.45, 7) is 21.9. The third-order valence-corrected chi connectivity index (χ3v) is 11.7. The Bertz CT molecular complexity index is 2110. The molecule has 1 aliphatic heterocycles. The summed E-state index contributed by atoms with van der Waals surface area (Å²) in [5.74, 6) is -5.19. The molecule has 0 aromatic carbocycles. The van der Waals surface area contributed by atoms with Crippen molar-refractivity contribution in [1.82, 2.24) is 31.5 Å². The second-order valence-corrected chi connectivity index (χ2v) is 23.3. The van der Waals surface area contributed by atoms with E-state index in [1.165, 1.54) is 0 Å². The minimum Gasteiger partial charge on any atom is -0.480 e. The van der Waals surface area contributed by atoms with Crippen LogP contribution in [0.2, 0.25) is 0 Å². The van der Waals surface area contributed by atoms with Crippen LogP contribution in [0.25, 0.3) is 0 Å². The maximum atomic E-state index is 13.2. The molecule has 0 fully saturated rings. The van der Waals surface area contributed by atoms with Gasteiger partial charge < -0.3 is 93.3 Å². The van der Waals surface area contributed by atoms with Gasteiger partial charge in [-0.1, -0.05) is 0 Å². The monoisotopic (exact) mass is 1290 g/mol. The van der Waals surface area contributed by atoms with Crippen LogP contribution in [0.3, 0.4) is 0 Å². The molecule has 0 aromatic rings. The van der Waals surface area contributed by atoms with E-state index in [1.54, 1.807) is 62.3 Å². The van der Waals surface area contributed by atoms with Crippen molar-refractivity contribution in [1.29, 1.82) is 0 Å². The van der Waals surface area contributed by atoms with Crippen molar-refractivity contribution < 1.29 is 115 Å². The zero-order valence-electron chi connectivity index (χ0n) is 54.5. The maximum Gasteiger partial charge on any atom is 0.329 e. The van der Waals surface area contributed by atoms with E-state index < -0.39 is 82.6 Å². The standard InChI is InChI=1S/C60H104N6O24/c1-58(2,3)88-53(72)21-18-47(56(76)90-60(7,8)9)65-57(77)64-46(55(75)89-59(4,5)6)16-11-13-23-62-50(69)44-87-42-40-85-38-36-83-34-32-81-30-28-79-26-25-78-27-29-80-31-33-82-35-37-84-39-41-86-43-49(68)61-22-12-10-15-45(54(73)74)63-48(67)17-14-24-66-51(70)19-20-52(66)71/h19-20,45-47H,10-18,21-44H2,1-9H3,(H,61,68)(H,62,69)(H,63,67)(H,73,74)(H2,64,65,77)/t45-,46-,47-/m0/s1. The van der Waals surface area contributed by atoms with Crippen LogP contribution in [0.5, 0.6) is 0 Å². The highest BCUT2D eigenvalue weighted by Gasteiger charge is 2.32. The number of urea groups is 1. The Balaban J connectivity index is 1.96. The number of amides is 7. The van der Waals surface area contributed by atoms with E-state index in [2.05, 4.69) is 26.6 Å². The minimum atomic E-state index is -1.21. The highest BCUT2D eigenvalue weighted by Crippen LogP contribution is 2.16. The van der Waals surface area contributed by atoms with Gasteiger partial charge in [0.2, 0.25) is 17.7 Å². The molecule has 0 saturated carbocycles. The Morgan fingerprint density at radius 3 is 1.09 bits per heavy atom. The first kappa shape index (κ1) is 82.1. The van der Waals surface area contributed by atoms with Gasteiger partial charge in [-0.15, -0.1) is 0 Å². The first-order chi connectivity index (χ1) is 42.7. The minimum absolute atomic E-state index is 0.0384. The molecule has 6 N–H and O–H groups in total. The van der Waals surface area contributed by atoms with E-state index in [0.29, 0.717) is 125 Å². The molecule has 0 spiro atoms. The third-order valence-electron chi connectivity index (χ3n) is 11.7. The van der Waals surface area contributed by atoms with Gasteiger partial charge in [0.05, 0.1) is 119 Å². The van der Waals surface area contributed by atoms with Gasteiger partial charge in [0, 0.05) is 44.6 Å². The third kappa shape index (κ3) is 47.9. The number of rotatable bonds is 54. The highest BCUT2D eigenvalue weighted by molar-refractivity contribution is 6.12. The largest absolute Gasteiger partial charge is 0.480 e. The van der Waals surface area contributed by atoms with Crippen LogP contribution in [0.4, 0.5) is 4.79 Å². The molecule has 0 saturated heterocycles. The first-order valence-corrected chi connectivity index (χ1v) is 30.8. The van der Waals surface area contributed by atoms with Crippen LogP contribution in [0, 0.1) is 0 Å². The molecule has 90 heavy (non-hydrogen) atoms. The van der Waals surface area contributed by atoms with Gasteiger partial charge >= 0.3 is 29.9 Å². The molecule has 3 atom stereocenters. The number of carboxylic acids is 1. The number of imide groups is 1. The molecule has 1 aliphatic rings. The quantitative estimate of drug-likeness (QED) is 0.0219. The van der Waals surface area contributed by atoms with Crippen molar-refractivity contribution in [2.45, 2.75) is 161 Å². The molecule has 30 heteroatoms. The number of carboxylic acid groups (broad SMARTS) is 1. The van der Waals surface area contributed by atoms with E-state index in [0.717, 1.165) is 17.1 Å². The summed E-state index contributed by atoms with van der Waals surface area (Å²) in [6, 6.07) is -4.22. The lowest BCUT2D eigenvalue weighted by atomic mass is 10.1. The number of hydrogen-bond donors (Lipinski definition) is 6. The second-order valence-electron chi connectivity index (χ2n) is 23.3. The van der Waals surface area contributed by atoms with Gasteiger partial charge in [-0.25, -0.2) is 19.2 Å². The molecule has 0 unspecified atom stereocenters. The topological polar surface area (TPSA) is 374 Å². The number of hydrogen-bond acceptors (Lipinski definition) is 23. The molecule has 1 rings (SSSR count). The summed E-state index contributed by atoms with van der Waals surface area (Å²) >= 11 is 0.